The van der Waals surface area contributed by atoms with Crippen molar-refractivity contribution in [3.63, 3.8) is 0 Å². The molecule has 2 aromatic rings. The van der Waals surface area contributed by atoms with Crippen molar-refractivity contribution in [1.82, 2.24) is 20.2 Å². The highest BCUT2D eigenvalue weighted by Crippen LogP contribution is 2.45. The molecular formula is C18H21N5O. The average Bonchev–Trinajstić information content (AvgIpc) is 3.44. The molecule has 4 rings (SSSR count). The lowest BCUT2D eigenvalue weighted by Crippen LogP contribution is -2.53. The second-order valence-corrected chi connectivity index (χ2v) is 6.40. The van der Waals surface area contributed by atoms with Crippen molar-refractivity contribution >= 4 is 12.0 Å². The van der Waals surface area contributed by atoms with E-state index in [2.05, 4.69) is 32.3 Å². The molecule has 124 valence electrons. The molecule has 1 aromatic heterocycles. The lowest BCUT2D eigenvalue weighted by atomic mass is 10.1. The first-order valence-electron chi connectivity index (χ1n) is 8.41. The van der Waals surface area contributed by atoms with Gasteiger partial charge in [0.15, 0.2) is 0 Å². The lowest BCUT2D eigenvalue weighted by molar-refractivity contribution is 0.188. The Balaban J connectivity index is 1.36. The van der Waals surface area contributed by atoms with Gasteiger partial charge in [-0.2, -0.15) is 0 Å². The third kappa shape index (κ3) is 2.91. The van der Waals surface area contributed by atoms with Gasteiger partial charge in [-0.3, -0.25) is 0 Å². The van der Waals surface area contributed by atoms with Gasteiger partial charge in [0, 0.05) is 38.6 Å². The van der Waals surface area contributed by atoms with Gasteiger partial charge in [-0.15, -0.1) is 0 Å². The van der Waals surface area contributed by atoms with Crippen molar-refractivity contribution in [2.24, 2.45) is 0 Å². The Labute approximate surface area is 141 Å². The van der Waals surface area contributed by atoms with Crippen LogP contribution in [0.1, 0.15) is 18.4 Å². The van der Waals surface area contributed by atoms with E-state index in [9.17, 15) is 4.79 Å². The number of hydrogen-bond donors (Lipinski definition) is 1. The topological polar surface area (TPSA) is 61.4 Å². The van der Waals surface area contributed by atoms with Crippen molar-refractivity contribution < 1.29 is 4.79 Å². The maximum Gasteiger partial charge on any atom is 0.318 e. The van der Waals surface area contributed by atoms with Crippen molar-refractivity contribution in [2.45, 2.75) is 18.4 Å². The molecular weight excluding hydrogens is 302 g/mol. The van der Waals surface area contributed by atoms with Gasteiger partial charge in [-0.25, -0.2) is 14.8 Å². The first-order chi connectivity index (χ1) is 11.8. The van der Waals surface area contributed by atoms with Gasteiger partial charge in [0.05, 0.1) is 5.54 Å². The lowest BCUT2D eigenvalue weighted by Gasteiger charge is -2.35. The third-order valence-electron chi connectivity index (χ3n) is 4.82. The second-order valence-electron chi connectivity index (χ2n) is 6.40. The van der Waals surface area contributed by atoms with Crippen molar-refractivity contribution in [1.29, 1.82) is 0 Å². The van der Waals surface area contributed by atoms with Crippen molar-refractivity contribution in [3.8, 4) is 0 Å². The summed E-state index contributed by atoms with van der Waals surface area (Å²) >= 11 is 0. The molecule has 0 spiro atoms. The molecule has 1 saturated heterocycles. The number of amides is 2. The zero-order valence-electron chi connectivity index (χ0n) is 13.6. The number of anilines is 1. The molecule has 0 atom stereocenters. The Morgan fingerprint density at radius 3 is 2.25 bits per heavy atom. The van der Waals surface area contributed by atoms with Gasteiger partial charge in [-0.1, -0.05) is 30.3 Å². The fourth-order valence-electron chi connectivity index (χ4n) is 3.22. The Hall–Kier alpha value is -2.63. The summed E-state index contributed by atoms with van der Waals surface area (Å²) < 4.78 is 0. The molecule has 1 aliphatic carbocycles. The molecule has 2 aliphatic rings. The quantitative estimate of drug-likeness (QED) is 0.938. The van der Waals surface area contributed by atoms with Crippen molar-refractivity contribution in [2.75, 3.05) is 31.1 Å². The second kappa shape index (κ2) is 6.11. The van der Waals surface area contributed by atoms with Crippen LogP contribution in [0, 0.1) is 0 Å². The smallest absolute Gasteiger partial charge is 0.318 e. The number of urea groups is 1. The predicted molar refractivity (Wildman–Crippen MR) is 91.7 cm³/mol. The van der Waals surface area contributed by atoms with E-state index in [1.54, 1.807) is 12.4 Å². The SMILES string of the molecule is O=C(NC1(c2ccccc2)CC1)N1CCN(c2ncccn2)CC1. The highest BCUT2D eigenvalue weighted by Gasteiger charge is 2.46. The molecule has 1 aromatic carbocycles. The summed E-state index contributed by atoms with van der Waals surface area (Å²) in [6.45, 7) is 2.90. The Bertz CT molecular complexity index is 694. The van der Waals surface area contributed by atoms with Gasteiger partial charge in [0.1, 0.15) is 0 Å². The predicted octanol–water partition coefficient (Wildman–Crippen LogP) is 2.00. The van der Waals surface area contributed by atoms with Crippen LogP contribution < -0.4 is 10.2 Å². The molecule has 0 unspecified atom stereocenters. The Morgan fingerprint density at radius 2 is 1.62 bits per heavy atom. The monoisotopic (exact) mass is 323 g/mol. The molecule has 24 heavy (non-hydrogen) atoms. The maximum atomic E-state index is 12.6. The summed E-state index contributed by atoms with van der Waals surface area (Å²) in [5.74, 6) is 0.737. The highest BCUT2D eigenvalue weighted by atomic mass is 16.2. The van der Waals surface area contributed by atoms with Crippen molar-refractivity contribution in [3.05, 3.63) is 54.4 Å². The van der Waals surface area contributed by atoms with Crippen LogP contribution in [0.4, 0.5) is 10.7 Å². The number of nitrogens with one attached hydrogen (secondary N) is 1. The number of rotatable bonds is 3. The minimum absolute atomic E-state index is 0.0324. The van der Waals surface area contributed by atoms with E-state index in [1.807, 2.05) is 29.2 Å². The maximum absolute atomic E-state index is 12.6. The van der Waals surface area contributed by atoms with Gasteiger partial charge in [0.25, 0.3) is 0 Å². The van der Waals surface area contributed by atoms with E-state index in [0.29, 0.717) is 13.1 Å². The first kappa shape index (κ1) is 14.9. The van der Waals surface area contributed by atoms with Crippen LogP contribution in [0.5, 0.6) is 0 Å². The Kier molecular flexibility index (Phi) is 3.80. The molecule has 2 heterocycles. The van der Waals surface area contributed by atoms with Crippen LogP contribution in [0.25, 0.3) is 0 Å². The molecule has 6 heteroatoms. The highest BCUT2D eigenvalue weighted by molar-refractivity contribution is 5.76. The largest absolute Gasteiger partial charge is 0.337 e. The minimum Gasteiger partial charge on any atom is -0.337 e. The number of carbonyl (C=O) groups excluding carboxylic acids is 1. The van der Waals surface area contributed by atoms with Crippen LogP contribution >= 0.6 is 0 Å². The van der Waals surface area contributed by atoms with E-state index < -0.39 is 0 Å². The molecule has 2 fully saturated rings. The van der Waals surface area contributed by atoms with Gasteiger partial charge >= 0.3 is 6.03 Å². The van der Waals surface area contributed by atoms with E-state index in [0.717, 1.165) is 31.9 Å². The van der Waals surface area contributed by atoms with E-state index in [4.69, 9.17) is 0 Å². The van der Waals surface area contributed by atoms with Gasteiger partial charge in [-0.05, 0) is 24.5 Å². The van der Waals surface area contributed by atoms with E-state index >= 15 is 0 Å². The fourth-order valence-corrected chi connectivity index (χ4v) is 3.22. The minimum atomic E-state index is -0.155. The Morgan fingerprint density at radius 1 is 0.958 bits per heavy atom. The zero-order valence-corrected chi connectivity index (χ0v) is 13.6. The summed E-state index contributed by atoms with van der Waals surface area (Å²) in [5, 5.41) is 3.25. The number of benzene rings is 1. The molecule has 0 radical (unpaired) electrons. The summed E-state index contributed by atoms with van der Waals surface area (Å²) in [6.07, 6.45) is 5.53. The van der Waals surface area contributed by atoms with Gasteiger partial charge in [0.2, 0.25) is 5.95 Å². The van der Waals surface area contributed by atoms with Gasteiger partial charge < -0.3 is 15.1 Å². The molecule has 1 aliphatic heterocycles. The number of piperazine rings is 1. The molecule has 1 saturated carbocycles. The summed E-state index contributed by atoms with van der Waals surface area (Å²) in [7, 11) is 0. The van der Waals surface area contributed by atoms with Crippen LogP contribution in [0.15, 0.2) is 48.8 Å². The zero-order chi connectivity index (χ0) is 16.4. The normalized spacial score (nSPS) is 19.0. The average molecular weight is 323 g/mol. The van der Waals surface area contributed by atoms with Crippen LogP contribution in [0.2, 0.25) is 0 Å². The molecule has 2 amide bonds. The van der Waals surface area contributed by atoms with E-state index in [-0.39, 0.29) is 11.6 Å². The number of carbonyl (C=O) groups is 1. The number of aromatic nitrogens is 2. The van der Waals surface area contributed by atoms with Crippen LogP contribution in [-0.4, -0.2) is 47.1 Å². The third-order valence-corrected chi connectivity index (χ3v) is 4.82. The summed E-state index contributed by atoms with van der Waals surface area (Å²) in [4.78, 5) is 25.2. The van der Waals surface area contributed by atoms with Crippen LogP contribution in [0.3, 0.4) is 0 Å². The van der Waals surface area contributed by atoms with E-state index in [1.165, 1.54) is 5.56 Å². The van der Waals surface area contributed by atoms with Crippen LogP contribution in [-0.2, 0) is 5.54 Å². The fraction of sp³-hybridized carbons (Fsp3) is 0.389. The number of hydrogen-bond acceptors (Lipinski definition) is 4. The molecule has 6 nitrogen and oxygen atoms in total. The first-order valence-corrected chi connectivity index (χ1v) is 8.41. The summed E-state index contributed by atoms with van der Waals surface area (Å²) in [5.41, 5.74) is 1.05. The standard InChI is InChI=1S/C18H21N5O/c24-17(21-18(7-8-18)15-5-2-1-3-6-15)23-13-11-22(12-14-23)16-19-9-4-10-20-16/h1-6,9-10H,7-8,11-14H2,(H,21,24). The molecule has 0 bridgehead atoms. The summed E-state index contributed by atoms with van der Waals surface area (Å²) in [6, 6.07) is 12.1. The number of nitrogens with zero attached hydrogens (tertiary/aromatic N) is 4. The molecule has 1 N–H and O–H groups in total.